The van der Waals surface area contributed by atoms with Crippen molar-refractivity contribution in [1.29, 1.82) is 0 Å². The summed E-state index contributed by atoms with van der Waals surface area (Å²) in [5.74, 6) is -1.28. The number of benzene rings is 3. The van der Waals surface area contributed by atoms with Crippen LogP contribution in [0.4, 0.5) is 0 Å². The van der Waals surface area contributed by atoms with E-state index in [1.54, 1.807) is 12.1 Å². The highest BCUT2D eigenvalue weighted by atomic mass is 16.5. The van der Waals surface area contributed by atoms with E-state index in [0.717, 1.165) is 11.1 Å². The van der Waals surface area contributed by atoms with E-state index < -0.39 is 17.9 Å². The molecule has 5 heteroatoms. The van der Waals surface area contributed by atoms with Gasteiger partial charge >= 0.3 is 0 Å². The van der Waals surface area contributed by atoms with Crippen LogP contribution in [0.25, 0.3) is 11.3 Å². The smallest absolute Gasteiger partial charge is 0.231 e. The Hall–Kier alpha value is -4.51. The molecule has 3 aromatic carbocycles. The number of ketones is 1. The molecule has 5 aromatic rings. The van der Waals surface area contributed by atoms with Crippen molar-refractivity contribution in [3.8, 4) is 17.2 Å². The van der Waals surface area contributed by atoms with Crippen LogP contribution >= 0.6 is 0 Å². The lowest BCUT2D eigenvalue weighted by Crippen LogP contribution is -2.47. The van der Waals surface area contributed by atoms with E-state index in [0.29, 0.717) is 16.8 Å². The van der Waals surface area contributed by atoms with Gasteiger partial charge in [0.25, 0.3) is 0 Å². The summed E-state index contributed by atoms with van der Waals surface area (Å²) in [5, 5.41) is 17.3. The number of carbonyl (C=O) groups is 1. The number of pyridine rings is 1. The molecule has 0 aliphatic carbocycles. The van der Waals surface area contributed by atoms with Crippen molar-refractivity contribution in [3.05, 3.63) is 138 Å². The summed E-state index contributed by atoms with van der Waals surface area (Å²) in [6.45, 7) is 0. The quantitative estimate of drug-likeness (QED) is 0.262. The summed E-state index contributed by atoms with van der Waals surface area (Å²) < 4.78 is 7.05. The summed E-state index contributed by atoms with van der Waals surface area (Å²) >= 11 is 0. The molecule has 0 saturated carbocycles. The third-order valence-corrected chi connectivity index (χ3v) is 5.91. The summed E-state index contributed by atoms with van der Waals surface area (Å²) in [7, 11) is 0. The van der Waals surface area contributed by atoms with Gasteiger partial charge in [0.2, 0.25) is 11.8 Å². The minimum absolute atomic E-state index is 0.106. The van der Waals surface area contributed by atoms with E-state index in [1.165, 1.54) is 0 Å². The maximum atomic E-state index is 14.0. The van der Waals surface area contributed by atoms with Crippen LogP contribution in [0.15, 0.2) is 126 Å². The van der Waals surface area contributed by atoms with Crippen LogP contribution in [-0.4, -0.2) is 10.9 Å². The number of carbonyl (C=O) groups excluding carboxylic acids is 1. The molecule has 5 rings (SSSR count). The molecule has 0 bridgehead atoms. The molecule has 0 aliphatic heterocycles. The summed E-state index contributed by atoms with van der Waals surface area (Å²) in [4.78, 5) is 14.0. The van der Waals surface area contributed by atoms with Gasteiger partial charge in [-0.3, -0.25) is 4.79 Å². The molecular weight excluding hydrogens is 424 g/mol. The molecule has 0 amide bonds. The Labute approximate surface area is 197 Å². The van der Waals surface area contributed by atoms with E-state index in [4.69, 9.17) is 4.52 Å². The second kappa shape index (κ2) is 9.55. The van der Waals surface area contributed by atoms with Gasteiger partial charge in [0.1, 0.15) is 0 Å². The molecule has 2 aromatic heterocycles. The fourth-order valence-corrected chi connectivity index (χ4v) is 4.36. The largest absolute Gasteiger partial charge is 0.544 e. The maximum Gasteiger partial charge on any atom is 0.231 e. The Balaban J connectivity index is 1.77. The summed E-state index contributed by atoms with van der Waals surface area (Å²) in [6.07, 6.45) is 3.70. The third kappa shape index (κ3) is 4.11. The molecule has 0 fully saturated rings. The first-order valence-electron chi connectivity index (χ1n) is 11.1. The standard InChI is InChI=1S/C29H22N2O3/c32-28(23-17-9-3-10-18-23)27(31-19-11-4-12-20-31)24(21-13-5-1-6-14-21)25-26(30-34-29(25)33)22-15-7-2-8-16-22/h1-20,24,27H. The molecule has 0 aliphatic rings. The number of rotatable bonds is 7. The molecule has 5 nitrogen and oxygen atoms in total. The highest BCUT2D eigenvalue weighted by molar-refractivity contribution is 5.99. The lowest BCUT2D eigenvalue weighted by Gasteiger charge is -2.24. The van der Waals surface area contributed by atoms with Crippen molar-refractivity contribution >= 4 is 5.78 Å². The van der Waals surface area contributed by atoms with Crippen molar-refractivity contribution in [2.45, 2.75) is 12.0 Å². The highest BCUT2D eigenvalue weighted by Gasteiger charge is 2.41. The van der Waals surface area contributed by atoms with Gasteiger partial charge in [-0.15, -0.1) is 0 Å². The molecule has 166 valence electrons. The van der Waals surface area contributed by atoms with Gasteiger partial charge in [0, 0.05) is 28.8 Å². The van der Waals surface area contributed by atoms with Gasteiger partial charge in [-0.25, -0.2) is 0 Å². The van der Waals surface area contributed by atoms with Gasteiger partial charge in [0.05, 0.1) is 17.6 Å². The fourth-order valence-electron chi connectivity index (χ4n) is 4.36. The van der Waals surface area contributed by atoms with E-state index in [-0.39, 0.29) is 5.78 Å². The van der Waals surface area contributed by atoms with Gasteiger partial charge in [0.15, 0.2) is 12.4 Å². The van der Waals surface area contributed by atoms with Crippen molar-refractivity contribution < 1.29 is 19.0 Å². The Morgan fingerprint density at radius 3 is 1.97 bits per heavy atom. The first-order chi connectivity index (χ1) is 16.7. The van der Waals surface area contributed by atoms with Crippen LogP contribution in [0, 0.1) is 0 Å². The van der Waals surface area contributed by atoms with Gasteiger partial charge in [-0.1, -0.05) is 97.1 Å². The second-order valence-electron chi connectivity index (χ2n) is 7.98. The normalized spacial score (nSPS) is 12.7. The molecule has 2 unspecified atom stereocenters. The first-order valence-corrected chi connectivity index (χ1v) is 11.1. The number of hydrogen-bond acceptors (Lipinski definition) is 4. The maximum absolute atomic E-state index is 14.0. The topological polar surface area (TPSA) is 70.0 Å². The molecule has 0 saturated heterocycles. The predicted molar refractivity (Wildman–Crippen MR) is 126 cm³/mol. The molecule has 0 N–H and O–H groups in total. The zero-order valence-electron chi connectivity index (χ0n) is 18.3. The van der Waals surface area contributed by atoms with Crippen molar-refractivity contribution in [2.24, 2.45) is 0 Å². The van der Waals surface area contributed by atoms with Crippen molar-refractivity contribution in [1.82, 2.24) is 5.16 Å². The average Bonchev–Trinajstić information content (AvgIpc) is 3.29. The van der Waals surface area contributed by atoms with Crippen molar-refractivity contribution in [2.75, 3.05) is 0 Å². The first kappa shape index (κ1) is 21.3. The second-order valence-corrected chi connectivity index (χ2v) is 7.98. The molecule has 2 heterocycles. The average molecular weight is 447 g/mol. The Morgan fingerprint density at radius 1 is 0.765 bits per heavy atom. The molecule has 34 heavy (non-hydrogen) atoms. The zero-order chi connectivity index (χ0) is 23.3. The monoisotopic (exact) mass is 446 g/mol. The van der Waals surface area contributed by atoms with Crippen LogP contribution in [0.2, 0.25) is 0 Å². The zero-order valence-corrected chi connectivity index (χ0v) is 18.3. The number of nitrogens with zero attached hydrogens (tertiary/aromatic N) is 2. The van der Waals surface area contributed by atoms with E-state index in [1.807, 2.05) is 114 Å². The molecular formula is C29H22N2O3. The van der Waals surface area contributed by atoms with Crippen LogP contribution in [0.5, 0.6) is 5.95 Å². The number of Topliss-reactive ketones (excluding diaryl/α,β-unsaturated/α-hetero) is 1. The lowest BCUT2D eigenvalue weighted by atomic mass is 9.80. The Morgan fingerprint density at radius 2 is 1.32 bits per heavy atom. The minimum atomic E-state index is -0.736. The van der Waals surface area contributed by atoms with Crippen LogP contribution in [0.3, 0.4) is 0 Å². The van der Waals surface area contributed by atoms with Gasteiger partial charge in [-0.05, 0) is 5.56 Å². The molecule has 2 atom stereocenters. The minimum Gasteiger partial charge on any atom is -0.544 e. The SMILES string of the molecule is O=C(c1ccccc1)C(C(c1ccccc1)c1c(-c2ccccc2)noc1[O-])[n+]1ccccc1. The molecule has 0 radical (unpaired) electrons. The van der Waals surface area contributed by atoms with Crippen LogP contribution in [-0.2, 0) is 0 Å². The van der Waals surface area contributed by atoms with Crippen molar-refractivity contribution in [3.63, 3.8) is 0 Å². The van der Waals surface area contributed by atoms with Gasteiger partial charge in [-0.2, -0.15) is 9.72 Å². The highest BCUT2D eigenvalue weighted by Crippen LogP contribution is 2.43. The van der Waals surface area contributed by atoms with Crippen LogP contribution < -0.4 is 9.67 Å². The fraction of sp³-hybridized carbons (Fsp3) is 0.0690. The number of aromatic nitrogens is 2. The predicted octanol–water partition coefficient (Wildman–Crippen LogP) is 4.96. The Kier molecular flexibility index (Phi) is 5.99. The summed E-state index contributed by atoms with van der Waals surface area (Å²) in [6, 6.07) is 33.1. The van der Waals surface area contributed by atoms with E-state index in [2.05, 4.69) is 5.16 Å². The Bertz CT molecular complexity index is 1370. The van der Waals surface area contributed by atoms with E-state index >= 15 is 0 Å². The third-order valence-electron chi connectivity index (χ3n) is 5.91. The van der Waals surface area contributed by atoms with Gasteiger partial charge < -0.3 is 9.63 Å². The molecule has 0 spiro atoms. The number of hydrogen-bond donors (Lipinski definition) is 0. The lowest BCUT2D eigenvalue weighted by molar-refractivity contribution is -0.710. The van der Waals surface area contributed by atoms with E-state index in [9.17, 15) is 9.90 Å². The van der Waals surface area contributed by atoms with Crippen LogP contribution in [0.1, 0.15) is 33.4 Å². The summed E-state index contributed by atoms with van der Waals surface area (Å²) in [5.41, 5.74) is 2.96.